The zero-order valence-corrected chi connectivity index (χ0v) is 17.7. The Labute approximate surface area is 182 Å². The molecule has 1 N–H and O–H groups in total. The first-order valence-electron chi connectivity index (χ1n) is 10.9. The monoisotopic (exact) mass is 414 g/mol. The lowest BCUT2D eigenvalue weighted by molar-refractivity contribution is -0.147. The Balaban J connectivity index is 1.46. The number of benzene rings is 2. The summed E-state index contributed by atoms with van der Waals surface area (Å²) in [6.45, 7) is 4.01. The van der Waals surface area contributed by atoms with Gasteiger partial charge < -0.3 is 5.32 Å². The number of hydrogen-bond acceptors (Lipinski definition) is 3. The zero-order chi connectivity index (χ0) is 21.7. The molecule has 1 aliphatic heterocycles. The third-order valence-corrected chi connectivity index (χ3v) is 7.17. The fraction of sp³-hybridized carbons (Fsp3) is 0.346. The van der Waals surface area contributed by atoms with Crippen molar-refractivity contribution in [3.8, 4) is 0 Å². The maximum absolute atomic E-state index is 13.4. The van der Waals surface area contributed by atoms with E-state index in [4.69, 9.17) is 0 Å². The maximum atomic E-state index is 13.4. The van der Waals surface area contributed by atoms with Crippen molar-refractivity contribution < 1.29 is 14.4 Å². The van der Waals surface area contributed by atoms with Crippen molar-refractivity contribution in [3.05, 3.63) is 77.4 Å². The second kappa shape index (κ2) is 7.49. The fourth-order valence-electron chi connectivity index (χ4n) is 5.42. The molecule has 5 atom stereocenters. The van der Waals surface area contributed by atoms with Crippen LogP contribution in [-0.4, -0.2) is 28.7 Å². The number of hydrogen-bond donors (Lipinski definition) is 1. The summed E-state index contributed by atoms with van der Waals surface area (Å²) in [5.74, 6) is -1.08. The van der Waals surface area contributed by atoms with Crippen LogP contribution in [0.4, 0.5) is 5.69 Å². The molecule has 31 heavy (non-hydrogen) atoms. The molecule has 2 fully saturated rings. The van der Waals surface area contributed by atoms with Gasteiger partial charge in [-0.25, -0.2) is 0 Å². The van der Waals surface area contributed by atoms with Gasteiger partial charge in [0.05, 0.1) is 11.8 Å². The number of rotatable bonds is 5. The van der Waals surface area contributed by atoms with Crippen LogP contribution in [0.3, 0.4) is 0 Å². The fourth-order valence-corrected chi connectivity index (χ4v) is 5.42. The quantitative estimate of drug-likeness (QED) is 0.600. The summed E-state index contributed by atoms with van der Waals surface area (Å²) in [6.07, 6.45) is 5.32. The third-order valence-electron chi connectivity index (χ3n) is 7.17. The molecule has 1 saturated carbocycles. The number of amides is 3. The Morgan fingerprint density at radius 2 is 1.61 bits per heavy atom. The summed E-state index contributed by atoms with van der Waals surface area (Å²) >= 11 is 0. The van der Waals surface area contributed by atoms with E-state index in [1.54, 1.807) is 0 Å². The average molecular weight is 415 g/mol. The number of nitrogens with one attached hydrogen (secondary N) is 1. The molecule has 2 aromatic carbocycles. The van der Waals surface area contributed by atoms with Crippen molar-refractivity contribution in [2.75, 3.05) is 5.32 Å². The van der Waals surface area contributed by atoms with Gasteiger partial charge in [0.15, 0.2) is 0 Å². The van der Waals surface area contributed by atoms with Gasteiger partial charge in [0, 0.05) is 12.1 Å². The molecule has 2 aromatic rings. The molecule has 5 nitrogen and oxygen atoms in total. The highest BCUT2D eigenvalue weighted by Gasteiger charge is 2.61. The summed E-state index contributed by atoms with van der Waals surface area (Å²) in [6, 6.07) is 14.4. The summed E-state index contributed by atoms with van der Waals surface area (Å²) in [5, 5.41) is 2.95. The lowest BCUT2D eigenvalue weighted by Gasteiger charge is -2.27. The first kappa shape index (κ1) is 19.7. The number of allylic oxidation sites excluding steroid dienone is 2. The molecule has 2 bridgehead atoms. The average Bonchev–Trinajstić information content (AvgIpc) is 3.44. The van der Waals surface area contributed by atoms with Crippen LogP contribution in [0.5, 0.6) is 0 Å². The van der Waals surface area contributed by atoms with Crippen molar-refractivity contribution in [2.24, 2.45) is 23.7 Å². The van der Waals surface area contributed by atoms with Crippen LogP contribution in [0.1, 0.15) is 23.1 Å². The Kier molecular flexibility index (Phi) is 4.77. The van der Waals surface area contributed by atoms with Crippen LogP contribution < -0.4 is 5.32 Å². The molecule has 0 aromatic heterocycles. The molecule has 0 radical (unpaired) electrons. The minimum atomic E-state index is -0.867. The Morgan fingerprint density at radius 1 is 0.968 bits per heavy atom. The van der Waals surface area contributed by atoms with Crippen LogP contribution in [0.25, 0.3) is 0 Å². The highest BCUT2D eigenvalue weighted by molar-refractivity contribution is 6.11. The summed E-state index contributed by atoms with van der Waals surface area (Å²) in [4.78, 5) is 41.4. The van der Waals surface area contributed by atoms with Gasteiger partial charge in [-0.3, -0.25) is 19.3 Å². The van der Waals surface area contributed by atoms with Crippen molar-refractivity contribution in [1.29, 1.82) is 0 Å². The van der Waals surface area contributed by atoms with E-state index in [2.05, 4.69) is 17.5 Å². The molecule has 1 heterocycles. The number of imide groups is 1. The predicted molar refractivity (Wildman–Crippen MR) is 118 cm³/mol. The second-order valence-electron chi connectivity index (χ2n) is 9.04. The number of anilines is 1. The number of aryl methyl sites for hydroxylation is 2. The van der Waals surface area contributed by atoms with E-state index < -0.39 is 6.04 Å². The normalized spacial score (nSPS) is 27.0. The molecule has 3 amide bonds. The van der Waals surface area contributed by atoms with E-state index in [0.717, 1.165) is 23.1 Å². The zero-order valence-electron chi connectivity index (χ0n) is 17.7. The van der Waals surface area contributed by atoms with Crippen molar-refractivity contribution in [2.45, 2.75) is 32.7 Å². The van der Waals surface area contributed by atoms with E-state index in [0.29, 0.717) is 12.1 Å². The largest absolute Gasteiger partial charge is 0.324 e. The summed E-state index contributed by atoms with van der Waals surface area (Å²) < 4.78 is 0. The number of fused-ring (bicyclic) bond motifs is 5. The Bertz CT molecular complexity index is 1060. The molecule has 5 heteroatoms. The number of carbonyl (C=O) groups is 3. The molecular weight excluding hydrogens is 388 g/mol. The van der Waals surface area contributed by atoms with Crippen molar-refractivity contribution in [1.82, 2.24) is 4.90 Å². The van der Waals surface area contributed by atoms with Crippen LogP contribution in [-0.2, 0) is 20.8 Å². The molecule has 2 aliphatic carbocycles. The van der Waals surface area contributed by atoms with Gasteiger partial charge in [-0.05, 0) is 60.9 Å². The van der Waals surface area contributed by atoms with Gasteiger partial charge in [-0.2, -0.15) is 0 Å². The number of nitrogens with zero attached hydrogens (tertiary/aromatic N) is 1. The van der Waals surface area contributed by atoms with Crippen molar-refractivity contribution >= 4 is 23.4 Å². The van der Waals surface area contributed by atoms with Gasteiger partial charge in [-0.1, -0.05) is 48.6 Å². The number of likely N-dealkylation sites (tertiary alicyclic amines) is 1. The smallest absolute Gasteiger partial charge is 0.248 e. The van der Waals surface area contributed by atoms with Gasteiger partial charge >= 0.3 is 0 Å². The lowest BCUT2D eigenvalue weighted by Crippen LogP contribution is -2.49. The third kappa shape index (κ3) is 3.29. The Hall–Kier alpha value is -3.21. The molecular formula is C26H26N2O3. The van der Waals surface area contributed by atoms with Gasteiger partial charge in [0.1, 0.15) is 6.04 Å². The van der Waals surface area contributed by atoms with Gasteiger partial charge in [0.25, 0.3) is 0 Å². The Morgan fingerprint density at radius 3 is 2.23 bits per heavy atom. The highest BCUT2D eigenvalue weighted by atomic mass is 16.2. The summed E-state index contributed by atoms with van der Waals surface area (Å²) in [7, 11) is 0. The second-order valence-corrected chi connectivity index (χ2v) is 9.04. The first-order valence-corrected chi connectivity index (χ1v) is 10.9. The van der Waals surface area contributed by atoms with E-state index in [1.807, 2.05) is 62.4 Å². The highest BCUT2D eigenvalue weighted by Crippen LogP contribution is 2.53. The maximum Gasteiger partial charge on any atom is 0.248 e. The van der Waals surface area contributed by atoms with Crippen LogP contribution >= 0.6 is 0 Å². The molecule has 5 rings (SSSR count). The van der Waals surface area contributed by atoms with Gasteiger partial charge in [-0.15, -0.1) is 0 Å². The van der Waals surface area contributed by atoms with Crippen LogP contribution in [0.2, 0.25) is 0 Å². The molecule has 0 spiro atoms. The van der Waals surface area contributed by atoms with Gasteiger partial charge in [0.2, 0.25) is 17.7 Å². The molecule has 0 unspecified atom stereocenters. The van der Waals surface area contributed by atoms with E-state index in [1.165, 1.54) is 4.90 Å². The topological polar surface area (TPSA) is 66.5 Å². The lowest BCUT2D eigenvalue weighted by atomic mass is 9.85. The molecule has 3 aliphatic rings. The summed E-state index contributed by atoms with van der Waals surface area (Å²) in [5.41, 5.74) is 3.80. The predicted octanol–water partition coefficient (Wildman–Crippen LogP) is 3.66. The van der Waals surface area contributed by atoms with E-state index >= 15 is 0 Å². The van der Waals surface area contributed by atoms with E-state index in [9.17, 15) is 14.4 Å². The van der Waals surface area contributed by atoms with Crippen LogP contribution in [0.15, 0.2) is 60.7 Å². The molecule has 158 valence electrons. The standard InChI is InChI=1S/C26H26N2O3/c1-15-8-11-20(12-16(15)2)27-24(29)21(13-17-6-4-3-5-7-17)28-25(30)22-18-9-10-19(14-18)23(22)26(28)31/h3-12,18-19,21-23H,13-14H2,1-2H3,(H,27,29)/t18-,19-,21+,22-,23+/m0/s1. The first-order chi connectivity index (χ1) is 14.9. The van der Waals surface area contributed by atoms with Crippen LogP contribution in [0, 0.1) is 37.5 Å². The molecule has 1 saturated heterocycles. The number of carbonyl (C=O) groups excluding carboxylic acids is 3. The SMILES string of the molecule is Cc1ccc(NC(=O)[C@@H](Cc2ccccc2)N2C(=O)[C@@H]3[C@H](C2=O)[C@H]2C=C[C@H]3C2)cc1C. The minimum absolute atomic E-state index is 0.122. The van der Waals surface area contributed by atoms with Crippen molar-refractivity contribution in [3.63, 3.8) is 0 Å². The minimum Gasteiger partial charge on any atom is -0.324 e. The van der Waals surface area contributed by atoms with E-state index in [-0.39, 0.29) is 41.4 Å².